The van der Waals surface area contributed by atoms with Crippen LogP contribution in [0.2, 0.25) is 0 Å². The molecule has 0 saturated carbocycles. The summed E-state index contributed by atoms with van der Waals surface area (Å²) in [4.78, 5) is 32.3. The summed E-state index contributed by atoms with van der Waals surface area (Å²) in [6, 6.07) is 8.89. The number of nitrogens with one attached hydrogen (secondary N) is 1. The van der Waals surface area contributed by atoms with Gasteiger partial charge in [-0.3, -0.25) is 4.79 Å². The molecule has 134 valence electrons. The van der Waals surface area contributed by atoms with Crippen LogP contribution >= 0.6 is 23.1 Å². The number of rotatable bonds is 6. The first-order valence-electron chi connectivity index (χ1n) is 7.88. The summed E-state index contributed by atoms with van der Waals surface area (Å²) < 4.78 is 5.66. The number of nitrogens with zero attached hydrogens (tertiary/aromatic N) is 2. The first-order valence-corrected chi connectivity index (χ1v) is 9.64. The minimum absolute atomic E-state index is 0.0737. The van der Waals surface area contributed by atoms with Crippen molar-refractivity contribution in [1.29, 1.82) is 0 Å². The summed E-state index contributed by atoms with van der Waals surface area (Å²) in [6.45, 7) is 2.24. The number of aromatic nitrogens is 2. The van der Waals surface area contributed by atoms with Crippen LogP contribution < -0.4 is 5.32 Å². The van der Waals surface area contributed by atoms with Gasteiger partial charge in [-0.1, -0.05) is 23.9 Å². The van der Waals surface area contributed by atoms with Crippen LogP contribution in [0.4, 0.5) is 0 Å². The molecular weight excluding hydrogens is 370 g/mol. The molecule has 1 amide bonds. The molecule has 26 heavy (non-hydrogen) atoms. The molecule has 1 aromatic carbocycles. The Balaban J connectivity index is 1.57. The number of esters is 1. The lowest BCUT2D eigenvalue weighted by atomic mass is 10.1. The van der Waals surface area contributed by atoms with Gasteiger partial charge in [0.1, 0.15) is 11.4 Å². The molecule has 0 unspecified atom stereocenters. The lowest BCUT2D eigenvalue weighted by molar-refractivity contribution is -0.120. The van der Waals surface area contributed by atoms with Gasteiger partial charge in [-0.15, -0.1) is 11.3 Å². The molecule has 8 heteroatoms. The summed E-state index contributed by atoms with van der Waals surface area (Å²) in [7, 11) is 1.34. The number of carbonyl (C=O) groups is 2. The summed E-state index contributed by atoms with van der Waals surface area (Å²) >= 11 is 2.98. The largest absolute Gasteiger partial charge is 0.465 e. The van der Waals surface area contributed by atoms with Crippen molar-refractivity contribution < 1.29 is 14.3 Å². The second-order valence-electron chi connectivity index (χ2n) is 5.48. The van der Waals surface area contributed by atoms with Crippen molar-refractivity contribution >= 4 is 45.2 Å². The van der Waals surface area contributed by atoms with Crippen molar-refractivity contribution in [3.63, 3.8) is 0 Å². The van der Waals surface area contributed by atoms with Gasteiger partial charge in [-0.25, -0.2) is 14.8 Å². The average molecular weight is 387 g/mol. The molecule has 3 rings (SSSR count). The van der Waals surface area contributed by atoms with Crippen molar-refractivity contribution in [2.24, 2.45) is 0 Å². The number of benzene rings is 1. The summed E-state index contributed by atoms with van der Waals surface area (Å²) in [5.74, 6) is -0.453. The van der Waals surface area contributed by atoms with Gasteiger partial charge in [0.25, 0.3) is 0 Å². The molecule has 0 radical (unpaired) electrons. The van der Waals surface area contributed by atoms with Gasteiger partial charge in [0, 0.05) is 6.54 Å². The van der Waals surface area contributed by atoms with Crippen molar-refractivity contribution in [2.45, 2.75) is 23.7 Å². The van der Waals surface area contributed by atoms with Gasteiger partial charge >= 0.3 is 5.97 Å². The fourth-order valence-electron chi connectivity index (χ4n) is 2.28. The van der Waals surface area contributed by atoms with E-state index in [9.17, 15) is 9.59 Å². The zero-order valence-corrected chi connectivity index (χ0v) is 15.9. The molecule has 1 N–H and O–H groups in total. The molecule has 1 atom stereocenters. The molecule has 0 saturated heterocycles. The molecule has 3 aromatic rings. The van der Waals surface area contributed by atoms with E-state index in [2.05, 4.69) is 20.0 Å². The van der Waals surface area contributed by atoms with E-state index in [4.69, 9.17) is 0 Å². The zero-order valence-electron chi connectivity index (χ0n) is 14.3. The number of ether oxygens (including phenoxy) is 1. The number of amides is 1. The Morgan fingerprint density at radius 2 is 2.00 bits per heavy atom. The molecule has 0 fully saturated rings. The highest BCUT2D eigenvalue weighted by Crippen LogP contribution is 2.31. The molecule has 2 heterocycles. The summed E-state index contributed by atoms with van der Waals surface area (Å²) in [5.41, 5.74) is 2.28. The normalized spacial score (nSPS) is 11.9. The first kappa shape index (κ1) is 18.3. The quantitative estimate of drug-likeness (QED) is 0.397. The standard InChI is InChI=1S/C18H17N3O3S2/c1-11(26-17-15-14(7-8-25-15)20-10-21-17)16(22)19-9-12-3-5-13(6-4-12)18(23)24-2/h3-8,10-11H,9H2,1-2H3,(H,19,22)/t11-/m0/s1. The summed E-state index contributed by atoms with van der Waals surface area (Å²) in [5, 5.41) is 5.40. The lowest BCUT2D eigenvalue weighted by Gasteiger charge is -2.12. The maximum Gasteiger partial charge on any atom is 0.337 e. The van der Waals surface area contributed by atoms with Crippen LogP contribution in [0, 0.1) is 0 Å². The predicted octanol–water partition coefficient (Wildman–Crippen LogP) is 3.27. The highest BCUT2D eigenvalue weighted by atomic mass is 32.2. The molecule has 0 spiro atoms. The minimum atomic E-state index is -0.379. The molecule has 0 aliphatic carbocycles. The van der Waals surface area contributed by atoms with E-state index in [0.29, 0.717) is 12.1 Å². The van der Waals surface area contributed by atoms with E-state index >= 15 is 0 Å². The third-order valence-corrected chi connectivity index (χ3v) is 5.85. The highest BCUT2D eigenvalue weighted by Gasteiger charge is 2.17. The monoisotopic (exact) mass is 387 g/mol. The molecular formula is C18H17N3O3S2. The number of thioether (sulfide) groups is 1. The van der Waals surface area contributed by atoms with Gasteiger partial charge in [0.05, 0.1) is 28.1 Å². The maximum absolute atomic E-state index is 12.4. The van der Waals surface area contributed by atoms with Crippen LogP contribution in [0.3, 0.4) is 0 Å². The minimum Gasteiger partial charge on any atom is -0.465 e. The Labute approximate surface area is 159 Å². The molecule has 0 bridgehead atoms. The second kappa shape index (κ2) is 8.29. The van der Waals surface area contributed by atoms with E-state index in [1.54, 1.807) is 35.6 Å². The van der Waals surface area contributed by atoms with Gasteiger partial charge in [-0.05, 0) is 36.1 Å². The Morgan fingerprint density at radius 3 is 2.73 bits per heavy atom. The van der Waals surface area contributed by atoms with Gasteiger partial charge in [0.15, 0.2) is 0 Å². The Hall–Kier alpha value is -2.45. The molecule has 6 nitrogen and oxygen atoms in total. The molecule has 2 aromatic heterocycles. The third kappa shape index (κ3) is 4.20. The van der Waals surface area contributed by atoms with Crippen LogP contribution in [0.25, 0.3) is 10.2 Å². The average Bonchev–Trinajstić information content (AvgIpc) is 3.15. The van der Waals surface area contributed by atoms with Crippen LogP contribution in [-0.2, 0) is 16.1 Å². The number of hydrogen-bond donors (Lipinski definition) is 1. The summed E-state index contributed by atoms with van der Waals surface area (Å²) in [6.07, 6.45) is 1.52. The Morgan fingerprint density at radius 1 is 1.23 bits per heavy atom. The van der Waals surface area contributed by atoms with Crippen LogP contribution in [0.1, 0.15) is 22.8 Å². The van der Waals surface area contributed by atoms with E-state index < -0.39 is 0 Å². The van der Waals surface area contributed by atoms with E-state index in [0.717, 1.165) is 20.8 Å². The fourth-order valence-corrected chi connectivity index (χ4v) is 4.14. The first-order chi connectivity index (χ1) is 12.6. The number of thiophene rings is 1. The van der Waals surface area contributed by atoms with Crippen molar-refractivity contribution in [1.82, 2.24) is 15.3 Å². The van der Waals surface area contributed by atoms with Gasteiger partial charge in [-0.2, -0.15) is 0 Å². The van der Waals surface area contributed by atoms with Gasteiger partial charge in [0.2, 0.25) is 5.91 Å². The number of carbonyl (C=O) groups excluding carboxylic acids is 2. The Kier molecular flexibility index (Phi) is 5.85. The van der Waals surface area contributed by atoms with Gasteiger partial charge < -0.3 is 10.1 Å². The van der Waals surface area contributed by atoms with Crippen LogP contribution in [-0.4, -0.2) is 34.2 Å². The van der Waals surface area contributed by atoms with Crippen molar-refractivity contribution in [3.8, 4) is 0 Å². The molecule has 0 aliphatic heterocycles. The highest BCUT2D eigenvalue weighted by molar-refractivity contribution is 8.00. The second-order valence-corrected chi connectivity index (χ2v) is 7.73. The van der Waals surface area contributed by atoms with E-state index in [1.807, 2.05) is 18.4 Å². The molecule has 0 aliphatic rings. The predicted molar refractivity (Wildman–Crippen MR) is 102 cm³/mol. The van der Waals surface area contributed by atoms with E-state index in [1.165, 1.54) is 25.2 Å². The number of hydrogen-bond acceptors (Lipinski definition) is 7. The SMILES string of the molecule is COC(=O)c1ccc(CNC(=O)[C@H](C)Sc2ncnc3ccsc23)cc1. The fraction of sp³-hybridized carbons (Fsp3) is 0.222. The topological polar surface area (TPSA) is 81.2 Å². The zero-order chi connectivity index (χ0) is 18.5. The van der Waals surface area contributed by atoms with Crippen LogP contribution in [0.15, 0.2) is 47.1 Å². The van der Waals surface area contributed by atoms with Crippen molar-refractivity contribution in [3.05, 3.63) is 53.2 Å². The number of fused-ring (bicyclic) bond motifs is 1. The van der Waals surface area contributed by atoms with Crippen LogP contribution in [0.5, 0.6) is 0 Å². The number of methoxy groups -OCH3 is 1. The van der Waals surface area contributed by atoms with E-state index in [-0.39, 0.29) is 17.1 Å². The maximum atomic E-state index is 12.4. The lowest BCUT2D eigenvalue weighted by Crippen LogP contribution is -2.30. The Bertz CT molecular complexity index is 925. The smallest absolute Gasteiger partial charge is 0.337 e. The third-order valence-electron chi connectivity index (χ3n) is 3.71. The van der Waals surface area contributed by atoms with Crippen molar-refractivity contribution in [2.75, 3.05) is 7.11 Å².